The van der Waals surface area contributed by atoms with Crippen molar-refractivity contribution < 1.29 is 14.3 Å². The third-order valence-corrected chi connectivity index (χ3v) is 6.60. The molecule has 1 aliphatic heterocycles. The van der Waals surface area contributed by atoms with E-state index in [1.807, 2.05) is 44.2 Å². The zero-order chi connectivity index (χ0) is 18.1. The van der Waals surface area contributed by atoms with Crippen molar-refractivity contribution in [2.75, 3.05) is 12.4 Å². The molecule has 2 aromatic rings. The van der Waals surface area contributed by atoms with E-state index in [1.165, 1.54) is 30.2 Å². The van der Waals surface area contributed by atoms with E-state index in [0.717, 1.165) is 26.0 Å². The number of fused-ring (bicyclic) bond motifs is 1. The van der Waals surface area contributed by atoms with Gasteiger partial charge in [0.1, 0.15) is 10.3 Å². The van der Waals surface area contributed by atoms with Gasteiger partial charge in [-0.05, 0) is 25.0 Å². The summed E-state index contributed by atoms with van der Waals surface area (Å²) in [4.78, 5) is 26.0. The summed E-state index contributed by atoms with van der Waals surface area (Å²) < 4.78 is 4.93. The van der Waals surface area contributed by atoms with Crippen LogP contribution in [0.5, 0.6) is 0 Å². The second-order valence-electron chi connectivity index (χ2n) is 5.65. The summed E-state index contributed by atoms with van der Waals surface area (Å²) in [5.41, 5.74) is 1.77. The highest BCUT2D eigenvalue weighted by Crippen LogP contribution is 2.42. The molecule has 0 bridgehead atoms. The molecule has 0 aliphatic carbocycles. The molecular formula is C17H19N3O3S2. The molecule has 1 amide bonds. The molecule has 3 N–H and O–H groups in total. The fourth-order valence-corrected chi connectivity index (χ4v) is 4.98. The number of carbonyl (C=O) groups is 2. The Labute approximate surface area is 154 Å². The summed E-state index contributed by atoms with van der Waals surface area (Å²) >= 11 is 2.76. The normalized spacial score (nSPS) is 17.7. The van der Waals surface area contributed by atoms with Crippen LogP contribution in [0, 0.1) is 13.8 Å². The largest absolute Gasteiger partial charge is 0.468 e. The number of amides is 1. The van der Waals surface area contributed by atoms with Crippen molar-refractivity contribution >= 4 is 40.0 Å². The van der Waals surface area contributed by atoms with Gasteiger partial charge in [-0.15, -0.1) is 11.3 Å². The van der Waals surface area contributed by atoms with Gasteiger partial charge in [-0.3, -0.25) is 9.59 Å². The topological polar surface area (TPSA) is 84.7 Å². The Balaban J connectivity index is 1.90. The molecule has 1 aromatic heterocycles. The number of aryl methyl sites for hydroxylation is 1. The average Bonchev–Trinajstić information content (AvgIpc) is 2.91. The van der Waals surface area contributed by atoms with Gasteiger partial charge in [0.2, 0.25) is 0 Å². The standard InChI is InChI=1S/C17H19N3O3S2/c1-9-10(2)24-14-12(9)15(21)20(18)17(19-14)25-13(16(22)23-3)11-7-5-4-6-8-11/h4-8,13,17,19H,18H2,1-3H3. The van der Waals surface area contributed by atoms with E-state index in [9.17, 15) is 9.59 Å². The van der Waals surface area contributed by atoms with Crippen molar-refractivity contribution in [3.05, 3.63) is 51.9 Å². The first-order valence-corrected chi connectivity index (χ1v) is 9.43. The first kappa shape index (κ1) is 17.8. The Hall–Kier alpha value is -2.03. The number of thioether (sulfide) groups is 1. The maximum atomic E-state index is 12.7. The summed E-state index contributed by atoms with van der Waals surface area (Å²) in [5.74, 6) is 5.40. The van der Waals surface area contributed by atoms with Crippen LogP contribution in [-0.4, -0.2) is 29.5 Å². The van der Waals surface area contributed by atoms with Crippen LogP contribution in [0.3, 0.4) is 0 Å². The number of hydrogen-bond acceptors (Lipinski definition) is 7. The van der Waals surface area contributed by atoms with E-state index in [0.29, 0.717) is 5.56 Å². The lowest BCUT2D eigenvalue weighted by molar-refractivity contribution is -0.140. The number of hydrazine groups is 1. The van der Waals surface area contributed by atoms with E-state index in [1.54, 1.807) is 0 Å². The predicted octanol–water partition coefficient (Wildman–Crippen LogP) is 3.04. The Morgan fingerprint density at radius 3 is 2.68 bits per heavy atom. The molecule has 2 atom stereocenters. The van der Waals surface area contributed by atoms with Crippen LogP contribution in [-0.2, 0) is 9.53 Å². The third-order valence-electron chi connectivity index (χ3n) is 4.12. The van der Waals surface area contributed by atoms with Gasteiger partial charge < -0.3 is 10.1 Å². The fraction of sp³-hybridized carbons (Fsp3) is 0.294. The van der Waals surface area contributed by atoms with Crippen LogP contribution >= 0.6 is 23.1 Å². The van der Waals surface area contributed by atoms with Crippen LogP contribution in [0.2, 0.25) is 0 Å². The van der Waals surface area contributed by atoms with Crippen molar-refractivity contribution in [3.8, 4) is 0 Å². The highest BCUT2D eigenvalue weighted by atomic mass is 32.2. The quantitative estimate of drug-likeness (QED) is 0.484. The summed E-state index contributed by atoms with van der Waals surface area (Å²) in [6.45, 7) is 3.88. The highest BCUT2D eigenvalue weighted by Gasteiger charge is 2.37. The molecule has 0 radical (unpaired) electrons. The molecule has 0 spiro atoms. The zero-order valence-electron chi connectivity index (χ0n) is 14.1. The van der Waals surface area contributed by atoms with E-state index in [-0.39, 0.29) is 11.9 Å². The molecule has 0 saturated heterocycles. The van der Waals surface area contributed by atoms with Gasteiger partial charge in [-0.1, -0.05) is 42.1 Å². The van der Waals surface area contributed by atoms with Crippen molar-refractivity contribution in [1.29, 1.82) is 0 Å². The van der Waals surface area contributed by atoms with E-state index < -0.39 is 10.7 Å². The number of hydrogen-bond donors (Lipinski definition) is 2. The van der Waals surface area contributed by atoms with Gasteiger partial charge in [0.05, 0.1) is 12.7 Å². The minimum atomic E-state index is -0.591. The van der Waals surface area contributed by atoms with Gasteiger partial charge in [-0.25, -0.2) is 10.9 Å². The number of esters is 1. The van der Waals surface area contributed by atoms with Gasteiger partial charge >= 0.3 is 5.97 Å². The van der Waals surface area contributed by atoms with Crippen LogP contribution in [0.25, 0.3) is 0 Å². The molecule has 0 fully saturated rings. The predicted molar refractivity (Wildman–Crippen MR) is 100 cm³/mol. The maximum absolute atomic E-state index is 12.7. The first-order valence-electron chi connectivity index (χ1n) is 7.67. The Morgan fingerprint density at radius 2 is 2.04 bits per heavy atom. The number of thiophene rings is 1. The Bertz CT molecular complexity index is 807. The lowest BCUT2D eigenvalue weighted by Crippen LogP contribution is -2.51. The molecule has 1 aliphatic rings. The molecular weight excluding hydrogens is 358 g/mol. The molecule has 2 heterocycles. The second-order valence-corrected chi connectivity index (χ2v) is 8.06. The summed E-state index contributed by atoms with van der Waals surface area (Å²) in [7, 11) is 1.35. The van der Waals surface area contributed by atoms with Crippen molar-refractivity contribution in [2.45, 2.75) is 24.6 Å². The smallest absolute Gasteiger partial charge is 0.323 e. The fourth-order valence-electron chi connectivity index (χ4n) is 2.64. The molecule has 25 heavy (non-hydrogen) atoms. The average molecular weight is 377 g/mol. The molecule has 8 heteroatoms. The molecule has 6 nitrogen and oxygen atoms in total. The van der Waals surface area contributed by atoms with Crippen LogP contribution in [0.1, 0.15) is 31.6 Å². The Morgan fingerprint density at radius 1 is 1.36 bits per heavy atom. The van der Waals surface area contributed by atoms with E-state index in [4.69, 9.17) is 10.6 Å². The molecule has 3 rings (SSSR count). The van der Waals surface area contributed by atoms with Gasteiger partial charge in [-0.2, -0.15) is 0 Å². The molecule has 2 unspecified atom stereocenters. The minimum absolute atomic E-state index is 0.246. The number of rotatable bonds is 4. The minimum Gasteiger partial charge on any atom is -0.468 e. The Kier molecular flexibility index (Phi) is 5.03. The maximum Gasteiger partial charge on any atom is 0.323 e. The summed E-state index contributed by atoms with van der Waals surface area (Å²) in [6.07, 6.45) is 0. The monoisotopic (exact) mass is 377 g/mol. The third kappa shape index (κ3) is 3.24. The lowest BCUT2D eigenvalue weighted by Gasteiger charge is -2.34. The SMILES string of the molecule is COC(=O)C(SC1Nc2sc(C)c(C)c2C(=O)N1N)c1ccccc1. The summed E-state index contributed by atoms with van der Waals surface area (Å²) in [5, 5.41) is 4.61. The van der Waals surface area contributed by atoms with Crippen molar-refractivity contribution in [2.24, 2.45) is 5.84 Å². The molecule has 132 valence electrons. The van der Waals surface area contributed by atoms with E-state index in [2.05, 4.69) is 5.32 Å². The number of methoxy groups -OCH3 is 1. The number of nitrogens with one attached hydrogen (secondary N) is 1. The number of anilines is 1. The van der Waals surface area contributed by atoms with Crippen LogP contribution in [0.15, 0.2) is 30.3 Å². The van der Waals surface area contributed by atoms with Crippen LogP contribution in [0.4, 0.5) is 5.00 Å². The number of ether oxygens (including phenoxy) is 1. The van der Waals surface area contributed by atoms with Crippen LogP contribution < -0.4 is 11.2 Å². The van der Waals surface area contributed by atoms with Gasteiger partial charge in [0, 0.05) is 4.88 Å². The first-order chi connectivity index (χ1) is 11.9. The number of nitrogens with zero attached hydrogens (tertiary/aromatic N) is 1. The van der Waals surface area contributed by atoms with E-state index >= 15 is 0 Å². The lowest BCUT2D eigenvalue weighted by atomic mass is 10.1. The van der Waals surface area contributed by atoms with Gasteiger partial charge in [0.25, 0.3) is 5.91 Å². The number of nitrogens with two attached hydrogens (primary N) is 1. The molecule has 1 aromatic carbocycles. The summed E-state index contributed by atoms with van der Waals surface area (Å²) in [6, 6.07) is 9.30. The zero-order valence-corrected chi connectivity index (χ0v) is 15.7. The van der Waals surface area contributed by atoms with Crippen molar-refractivity contribution in [1.82, 2.24) is 5.01 Å². The number of benzene rings is 1. The molecule has 0 saturated carbocycles. The highest BCUT2D eigenvalue weighted by molar-refractivity contribution is 8.00. The van der Waals surface area contributed by atoms with Crippen molar-refractivity contribution in [3.63, 3.8) is 0 Å². The van der Waals surface area contributed by atoms with Gasteiger partial charge in [0.15, 0.2) is 5.50 Å². The number of carbonyl (C=O) groups excluding carboxylic acids is 2. The second kappa shape index (κ2) is 7.07.